The summed E-state index contributed by atoms with van der Waals surface area (Å²) in [6, 6.07) is 0. The summed E-state index contributed by atoms with van der Waals surface area (Å²) >= 11 is 0. The topological polar surface area (TPSA) is 77.8 Å². The second-order valence-corrected chi connectivity index (χ2v) is 12.0. The van der Waals surface area contributed by atoms with Crippen LogP contribution in [0.4, 0.5) is 0 Å². The van der Waals surface area contributed by atoms with Crippen LogP contribution in [-0.4, -0.2) is 33.5 Å². The molecule has 172 valence electrons. The van der Waals surface area contributed by atoms with Crippen LogP contribution in [0.15, 0.2) is 0 Å². The maximum absolute atomic E-state index is 11.7. The lowest BCUT2D eigenvalue weighted by Gasteiger charge is -2.64. The number of hydrogen-bond acceptors (Lipinski definition) is 3. The number of carboxylic acid groups (broad SMARTS) is 1. The van der Waals surface area contributed by atoms with E-state index in [1.54, 1.807) is 0 Å². The molecule has 4 unspecified atom stereocenters. The summed E-state index contributed by atoms with van der Waals surface area (Å²) in [6.07, 6.45) is 9.27. The Hall–Kier alpha value is -0.610. The van der Waals surface area contributed by atoms with Crippen molar-refractivity contribution >= 4 is 5.97 Å². The zero-order chi connectivity index (χ0) is 21.8. The lowest BCUT2D eigenvalue weighted by atomic mass is 9.41. The van der Waals surface area contributed by atoms with E-state index < -0.39 is 5.97 Å². The monoisotopic (exact) mass is 420 g/mol. The molecule has 0 radical (unpaired) electrons. The van der Waals surface area contributed by atoms with Crippen molar-refractivity contribution < 1.29 is 20.1 Å². The Balaban J connectivity index is 1.61. The van der Waals surface area contributed by atoms with Gasteiger partial charge in [0.05, 0.1) is 12.2 Å². The number of aliphatic carboxylic acids is 1. The summed E-state index contributed by atoms with van der Waals surface area (Å²) in [4.78, 5) is 11.1. The maximum atomic E-state index is 11.7. The summed E-state index contributed by atoms with van der Waals surface area (Å²) in [7, 11) is 0. The molecule has 11 atom stereocenters. The predicted octanol–water partition coefficient (Wildman–Crippen LogP) is 5.11. The van der Waals surface area contributed by atoms with E-state index in [-0.39, 0.29) is 29.5 Å². The molecule has 4 heteroatoms. The Bertz CT molecular complexity index is 649. The molecule has 0 amide bonds. The Labute approximate surface area is 182 Å². The average Bonchev–Trinajstić information content (AvgIpc) is 3.05. The van der Waals surface area contributed by atoms with Crippen molar-refractivity contribution in [2.75, 3.05) is 0 Å². The van der Waals surface area contributed by atoms with Crippen molar-refractivity contribution in [1.29, 1.82) is 0 Å². The van der Waals surface area contributed by atoms with Crippen LogP contribution in [0.2, 0.25) is 0 Å². The van der Waals surface area contributed by atoms with Crippen LogP contribution in [0.5, 0.6) is 0 Å². The van der Waals surface area contributed by atoms with Crippen LogP contribution in [0.1, 0.15) is 91.9 Å². The third-order valence-electron chi connectivity index (χ3n) is 11.0. The van der Waals surface area contributed by atoms with Gasteiger partial charge >= 0.3 is 5.97 Å². The zero-order valence-corrected chi connectivity index (χ0v) is 19.5. The first-order chi connectivity index (χ1) is 14.1. The molecule has 4 aliphatic rings. The van der Waals surface area contributed by atoms with E-state index in [9.17, 15) is 15.0 Å². The second-order valence-electron chi connectivity index (χ2n) is 12.0. The number of rotatable bonds is 5. The number of carboxylic acids is 1. The molecule has 0 spiro atoms. The molecule has 4 nitrogen and oxygen atoms in total. The first-order valence-corrected chi connectivity index (χ1v) is 12.7. The zero-order valence-electron chi connectivity index (χ0n) is 19.5. The van der Waals surface area contributed by atoms with Crippen molar-refractivity contribution in [3.05, 3.63) is 0 Å². The van der Waals surface area contributed by atoms with Gasteiger partial charge in [0, 0.05) is 6.42 Å². The maximum Gasteiger partial charge on any atom is 0.303 e. The van der Waals surface area contributed by atoms with Crippen LogP contribution in [0.3, 0.4) is 0 Å². The highest BCUT2D eigenvalue weighted by Crippen LogP contribution is 2.69. The highest BCUT2D eigenvalue weighted by atomic mass is 16.4. The van der Waals surface area contributed by atoms with Gasteiger partial charge in [0.15, 0.2) is 0 Å². The number of carbonyl (C=O) groups is 1. The Kier molecular flexibility index (Phi) is 6.07. The standard InChI is InChI=1S/C26H44O4/c1-5-17-21-14-16(27)10-12-26(21,4)20-11-13-25(3)18(15(2)6-9-22(28)29)7-8-19(25)23(20)24(17)30/h15-21,23-24,27,30H,5-14H2,1-4H3,(H,28,29)/t15-,16-,17-,18?,19+,20?,21+,23?,24?,25-,26-/m1/s1. The lowest BCUT2D eigenvalue weighted by Crippen LogP contribution is -2.62. The predicted molar refractivity (Wildman–Crippen MR) is 118 cm³/mol. The number of hydrogen-bond donors (Lipinski definition) is 3. The minimum Gasteiger partial charge on any atom is -0.481 e. The van der Waals surface area contributed by atoms with Gasteiger partial charge < -0.3 is 15.3 Å². The van der Waals surface area contributed by atoms with E-state index in [0.717, 1.165) is 32.1 Å². The van der Waals surface area contributed by atoms with Gasteiger partial charge in [0.2, 0.25) is 0 Å². The van der Waals surface area contributed by atoms with Gasteiger partial charge in [-0.05, 0) is 104 Å². The Morgan fingerprint density at radius 2 is 1.67 bits per heavy atom. The molecule has 4 rings (SSSR count). The van der Waals surface area contributed by atoms with Gasteiger partial charge in [-0.1, -0.05) is 34.1 Å². The first kappa shape index (κ1) is 22.6. The molecule has 0 saturated heterocycles. The van der Waals surface area contributed by atoms with Crippen LogP contribution < -0.4 is 0 Å². The smallest absolute Gasteiger partial charge is 0.303 e. The normalized spacial score (nSPS) is 51.5. The number of aliphatic hydroxyl groups is 2. The molecule has 0 aromatic heterocycles. The summed E-state index contributed by atoms with van der Waals surface area (Å²) in [6.45, 7) is 9.44. The average molecular weight is 421 g/mol. The largest absolute Gasteiger partial charge is 0.481 e. The summed E-state index contributed by atoms with van der Waals surface area (Å²) < 4.78 is 0. The number of aliphatic hydroxyl groups excluding tert-OH is 2. The van der Waals surface area contributed by atoms with E-state index in [0.29, 0.717) is 41.4 Å². The highest BCUT2D eigenvalue weighted by Gasteiger charge is 2.64. The summed E-state index contributed by atoms with van der Waals surface area (Å²) in [5, 5.41) is 31.3. The highest BCUT2D eigenvalue weighted by molar-refractivity contribution is 5.66. The summed E-state index contributed by atoms with van der Waals surface area (Å²) in [5.74, 6) is 2.58. The fourth-order valence-electron chi connectivity index (χ4n) is 9.48. The number of fused-ring (bicyclic) bond motifs is 5. The van der Waals surface area contributed by atoms with Crippen LogP contribution in [-0.2, 0) is 4.79 Å². The van der Waals surface area contributed by atoms with Gasteiger partial charge in [0.1, 0.15) is 0 Å². The fraction of sp³-hybridized carbons (Fsp3) is 0.962. The molecular weight excluding hydrogens is 376 g/mol. The molecule has 0 bridgehead atoms. The van der Waals surface area contributed by atoms with E-state index >= 15 is 0 Å². The van der Waals surface area contributed by atoms with Crippen molar-refractivity contribution in [1.82, 2.24) is 0 Å². The molecule has 3 N–H and O–H groups in total. The SMILES string of the molecule is CC[C@H]1C(O)C2C(CC[C@]3(C)C([C@H](C)CCC(=O)O)CC[C@@H]23)[C@@]2(C)CC[C@@H](O)C[C@@H]12. The molecule has 4 saturated carbocycles. The third-order valence-corrected chi connectivity index (χ3v) is 11.0. The van der Waals surface area contributed by atoms with Crippen LogP contribution in [0, 0.1) is 52.3 Å². The van der Waals surface area contributed by atoms with Gasteiger partial charge in [-0.3, -0.25) is 4.79 Å². The molecule has 4 aliphatic carbocycles. The molecule has 0 aromatic carbocycles. The van der Waals surface area contributed by atoms with Gasteiger partial charge in [-0.15, -0.1) is 0 Å². The van der Waals surface area contributed by atoms with E-state index in [2.05, 4.69) is 27.7 Å². The van der Waals surface area contributed by atoms with Crippen molar-refractivity contribution in [2.45, 2.75) is 104 Å². The third kappa shape index (κ3) is 3.36. The lowest BCUT2D eigenvalue weighted by molar-refractivity contribution is -0.203. The second kappa shape index (κ2) is 8.06. The van der Waals surface area contributed by atoms with E-state index in [1.807, 2.05) is 0 Å². The molecule has 30 heavy (non-hydrogen) atoms. The van der Waals surface area contributed by atoms with Crippen molar-refractivity contribution in [2.24, 2.45) is 52.3 Å². The Morgan fingerprint density at radius 3 is 2.33 bits per heavy atom. The molecule has 0 heterocycles. The van der Waals surface area contributed by atoms with Gasteiger partial charge in [0.25, 0.3) is 0 Å². The minimum atomic E-state index is -0.683. The Morgan fingerprint density at radius 1 is 1.00 bits per heavy atom. The molecular formula is C26H44O4. The van der Waals surface area contributed by atoms with Crippen LogP contribution >= 0.6 is 0 Å². The quantitative estimate of drug-likeness (QED) is 0.577. The molecule has 4 fully saturated rings. The minimum absolute atomic E-state index is 0.194. The van der Waals surface area contributed by atoms with Gasteiger partial charge in [-0.2, -0.15) is 0 Å². The molecule has 0 aromatic rings. The first-order valence-electron chi connectivity index (χ1n) is 12.7. The van der Waals surface area contributed by atoms with Crippen molar-refractivity contribution in [3.63, 3.8) is 0 Å². The van der Waals surface area contributed by atoms with Gasteiger partial charge in [-0.25, -0.2) is 0 Å². The summed E-state index contributed by atoms with van der Waals surface area (Å²) in [5.41, 5.74) is 0.480. The van der Waals surface area contributed by atoms with E-state index in [1.165, 1.54) is 25.7 Å². The van der Waals surface area contributed by atoms with E-state index in [4.69, 9.17) is 5.11 Å². The molecule has 0 aliphatic heterocycles. The van der Waals surface area contributed by atoms with Crippen LogP contribution in [0.25, 0.3) is 0 Å². The van der Waals surface area contributed by atoms with Crippen molar-refractivity contribution in [3.8, 4) is 0 Å². The fourth-order valence-corrected chi connectivity index (χ4v) is 9.48.